The first kappa shape index (κ1) is 10.2. The van der Waals surface area contributed by atoms with Crippen LogP contribution in [-0.4, -0.2) is 18.2 Å². The van der Waals surface area contributed by atoms with Crippen molar-refractivity contribution in [2.75, 3.05) is 13.2 Å². The van der Waals surface area contributed by atoms with E-state index in [2.05, 4.69) is 27.8 Å². The van der Waals surface area contributed by atoms with Gasteiger partial charge >= 0.3 is 0 Å². The van der Waals surface area contributed by atoms with Gasteiger partial charge in [-0.1, -0.05) is 12.1 Å². The van der Waals surface area contributed by atoms with Gasteiger partial charge in [0.2, 0.25) is 6.33 Å². The highest BCUT2D eigenvalue weighted by Crippen LogP contribution is 2.05. The number of hydrogen-bond acceptors (Lipinski definition) is 1. The van der Waals surface area contributed by atoms with E-state index in [0.717, 1.165) is 26.2 Å². The van der Waals surface area contributed by atoms with E-state index in [1.807, 2.05) is 19.3 Å². The number of ether oxygens (including phenoxy) is 1. The predicted molar refractivity (Wildman–Crippen MR) is 59.6 cm³/mol. The topological polar surface area (TPSA) is 28.9 Å². The highest BCUT2D eigenvalue weighted by atomic mass is 16.5. The molecule has 0 spiro atoms. The number of para-hydroxylation sites is 2. The van der Waals surface area contributed by atoms with Gasteiger partial charge in [0.25, 0.3) is 0 Å². The Labute approximate surface area is 89.7 Å². The lowest BCUT2D eigenvalue weighted by molar-refractivity contribution is -0.671. The van der Waals surface area contributed by atoms with E-state index in [1.165, 1.54) is 11.0 Å². The van der Waals surface area contributed by atoms with Crippen molar-refractivity contribution in [1.29, 1.82) is 0 Å². The molecule has 1 N–H and O–H groups in total. The summed E-state index contributed by atoms with van der Waals surface area (Å²) in [6, 6.07) is 8.33. The minimum Gasteiger partial charge on any atom is -0.382 e. The zero-order chi connectivity index (χ0) is 10.5. The fraction of sp³-hybridized carbons (Fsp3) is 0.417. The molecule has 1 aromatic heterocycles. The van der Waals surface area contributed by atoms with Crippen LogP contribution in [0.2, 0.25) is 0 Å². The van der Waals surface area contributed by atoms with E-state index >= 15 is 0 Å². The average Bonchev–Trinajstić information content (AvgIpc) is 2.68. The summed E-state index contributed by atoms with van der Waals surface area (Å²) < 4.78 is 7.55. The Morgan fingerprint density at radius 3 is 3.07 bits per heavy atom. The highest BCUT2D eigenvalue weighted by Gasteiger charge is 2.06. The smallest absolute Gasteiger partial charge is 0.242 e. The van der Waals surface area contributed by atoms with Crippen LogP contribution in [0.25, 0.3) is 11.0 Å². The summed E-state index contributed by atoms with van der Waals surface area (Å²) in [4.78, 5) is 3.25. The molecule has 80 valence electrons. The fourth-order valence-corrected chi connectivity index (χ4v) is 1.73. The lowest BCUT2D eigenvalue weighted by Crippen LogP contribution is -2.32. The summed E-state index contributed by atoms with van der Waals surface area (Å²) in [7, 11) is 0. The molecule has 0 bridgehead atoms. The molecule has 0 aliphatic heterocycles. The number of fused-ring (bicyclic) bond motifs is 1. The van der Waals surface area contributed by atoms with E-state index in [4.69, 9.17) is 4.74 Å². The predicted octanol–water partition coefficient (Wildman–Crippen LogP) is 1.88. The minimum absolute atomic E-state index is 0.804. The van der Waals surface area contributed by atoms with E-state index in [1.54, 1.807) is 0 Å². The highest BCUT2D eigenvalue weighted by molar-refractivity contribution is 5.70. The fourth-order valence-electron chi connectivity index (χ4n) is 1.73. The number of H-pyrrole nitrogens is 1. The third-order valence-electron chi connectivity index (χ3n) is 2.48. The van der Waals surface area contributed by atoms with Gasteiger partial charge in [0.05, 0.1) is 13.2 Å². The van der Waals surface area contributed by atoms with Gasteiger partial charge in [-0.25, -0.2) is 9.55 Å². The van der Waals surface area contributed by atoms with Gasteiger partial charge < -0.3 is 4.74 Å². The maximum absolute atomic E-state index is 5.32. The number of aryl methyl sites for hydroxylation is 1. The largest absolute Gasteiger partial charge is 0.382 e. The Bertz CT molecular complexity index is 422. The molecule has 0 atom stereocenters. The van der Waals surface area contributed by atoms with Gasteiger partial charge in [-0.05, 0) is 19.1 Å². The molecule has 0 saturated heterocycles. The van der Waals surface area contributed by atoms with Crippen LogP contribution < -0.4 is 4.57 Å². The SMILES string of the molecule is CCOCCC[n+]1c[nH]c2ccccc21. The third kappa shape index (κ3) is 2.36. The zero-order valence-corrected chi connectivity index (χ0v) is 9.07. The molecule has 0 saturated carbocycles. The molecule has 0 aliphatic carbocycles. The van der Waals surface area contributed by atoms with Crippen LogP contribution >= 0.6 is 0 Å². The van der Waals surface area contributed by atoms with Gasteiger partial charge in [0, 0.05) is 13.0 Å². The van der Waals surface area contributed by atoms with Crippen LogP contribution in [0, 0.1) is 0 Å². The van der Waals surface area contributed by atoms with Crippen molar-refractivity contribution in [3.63, 3.8) is 0 Å². The van der Waals surface area contributed by atoms with Gasteiger partial charge in [0.15, 0.2) is 11.0 Å². The number of aromatic nitrogens is 2. The first-order valence-electron chi connectivity index (χ1n) is 5.45. The number of nitrogens with one attached hydrogen (secondary N) is 1. The van der Waals surface area contributed by atoms with Crippen molar-refractivity contribution in [1.82, 2.24) is 4.98 Å². The zero-order valence-electron chi connectivity index (χ0n) is 9.07. The first-order valence-corrected chi connectivity index (χ1v) is 5.45. The second-order valence-corrected chi connectivity index (χ2v) is 3.53. The summed E-state index contributed by atoms with van der Waals surface area (Å²) in [5.41, 5.74) is 2.45. The quantitative estimate of drug-likeness (QED) is 0.586. The average molecular weight is 205 g/mol. The molecule has 3 heteroatoms. The molecular weight excluding hydrogens is 188 g/mol. The maximum Gasteiger partial charge on any atom is 0.242 e. The number of benzene rings is 1. The Kier molecular flexibility index (Phi) is 3.35. The molecule has 2 rings (SSSR count). The number of aromatic amines is 1. The van der Waals surface area contributed by atoms with Gasteiger partial charge in [-0.15, -0.1) is 0 Å². The van der Waals surface area contributed by atoms with Crippen LogP contribution in [0.1, 0.15) is 13.3 Å². The molecule has 15 heavy (non-hydrogen) atoms. The van der Waals surface area contributed by atoms with Gasteiger partial charge in [0.1, 0.15) is 0 Å². The van der Waals surface area contributed by atoms with Crippen molar-refractivity contribution in [2.24, 2.45) is 0 Å². The number of rotatable bonds is 5. The minimum atomic E-state index is 0.804. The monoisotopic (exact) mass is 205 g/mol. The standard InChI is InChI=1S/C12H16N2O/c1-2-15-9-5-8-14-10-13-11-6-3-4-7-12(11)14/h3-4,6-7,10H,2,5,8-9H2,1H3/p+1. The van der Waals surface area contributed by atoms with Crippen LogP contribution in [0.5, 0.6) is 0 Å². The van der Waals surface area contributed by atoms with E-state index in [-0.39, 0.29) is 0 Å². The third-order valence-corrected chi connectivity index (χ3v) is 2.48. The molecule has 0 amide bonds. The first-order chi connectivity index (χ1) is 7.42. The van der Waals surface area contributed by atoms with Gasteiger partial charge in [-0.2, -0.15) is 0 Å². The van der Waals surface area contributed by atoms with Crippen molar-refractivity contribution in [3.05, 3.63) is 30.6 Å². The summed E-state index contributed by atoms with van der Waals surface area (Å²) in [5, 5.41) is 0. The van der Waals surface area contributed by atoms with Crippen molar-refractivity contribution in [3.8, 4) is 0 Å². The molecule has 1 heterocycles. The molecule has 0 aliphatic rings. The van der Waals surface area contributed by atoms with Crippen LogP contribution in [0.15, 0.2) is 30.6 Å². The molecule has 0 radical (unpaired) electrons. The Morgan fingerprint density at radius 2 is 2.20 bits per heavy atom. The maximum atomic E-state index is 5.32. The summed E-state index contributed by atoms with van der Waals surface area (Å²) in [6.07, 6.45) is 3.08. The Morgan fingerprint density at radius 1 is 1.33 bits per heavy atom. The van der Waals surface area contributed by atoms with Crippen LogP contribution in [0.4, 0.5) is 0 Å². The molecule has 3 nitrogen and oxygen atoms in total. The Balaban J connectivity index is 2.02. The molecule has 2 aromatic rings. The summed E-state index contributed by atoms with van der Waals surface area (Å²) >= 11 is 0. The summed E-state index contributed by atoms with van der Waals surface area (Å²) in [6.45, 7) is 4.67. The lowest BCUT2D eigenvalue weighted by atomic mass is 10.3. The van der Waals surface area contributed by atoms with Crippen molar-refractivity contribution in [2.45, 2.75) is 19.9 Å². The second kappa shape index (κ2) is 4.94. The number of nitrogens with zero attached hydrogens (tertiary/aromatic N) is 1. The Hall–Kier alpha value is -1.35. The lowest BCUT2D eigenvalue weighted by Gasteiger charge is -1.99. The molecular formula is C12H17N2O+. The number of hydrogen-bond donors (Lipinski definition) is 1. The second-order valence-electron chi connectivity index (χ2n) is 3.53. The molecule has 0 fully saturated rings. The number of imidazole rings is 1. The van der Waals surface area contributed by atoms with Crippen LogP contribution in [0.3, 0.4) is 0 Å². The van der Waals surface area contributed by atoms with Crippen molar-refractivity contribution >= 4 is 11.0 Å². The van der Waals surface area contributed by atoms with Crippen molar-refractivity contribution < 1.29 is 9.30 Å². The summed E-state index contributed by atoms with van der Waals surface area (Å²) in [5.74, 6) is 0. The van der Waals surface area contributed by atoms with E-state index in [9.17, 15) is 0 Å². The van der Waals surface area contributed by atoms with E-state index in [0.29, 0.717) is 0 Å². The normalized spacial score (nSPS) is 11.0. The molecule has 1 aromatic carbocycles. The molecule has 0 unspecified atom stereocenters. The van der Waals surface area contributed by atoms with E-state index < -0.39 is 0 Å². The van der Waals surface area contributed by atoms with Gasteiger partial charge in [-0.3, -0.25) is 0 Å². The van der Waals surface area contributed by atoms with Crippen LogP contribution in [-0.2, 0) is 11.3 Å².